The quantitative estimate of drug-likeness (QED) is 0.430. The van der Waals surface area contributed by atoms with Gasteiger partial charge in [-0.25, -0.2) is 0 Å². The number of rotatable bonds is 4. The topological polar surface area (TPSA) is 70.9 Å². The predicted octanol–water partition coefficient (Wildman–Crippen LogP) is 5.51. The number of aromatic nitrogens is 2. The third kappa shape index (κ3) is 3.05. The van der Waals surface area contributed by atoms with Crippen molar-refractivity contribution in [3.8, 4) is 0 Å². The van der Waals surface area contributed by atoms with Crippen LogP contribution in [-0.2, 0) is 17.6 Å². The van der Waals surface area contributed by atoms with Crippen molar-refractivity contribution in [2.24, 2.45) is 0 Å². The van der Waals surface area contributed by atoms with E-state index in [-0.39, 0.29) is 12.3 Å². The number of carbonyl (C=O) groups is 1. The Labute approximate surface area is 167 Å². The number of fused-ring (bicyclic) bond motifs is 4. The van der Waals surface area contributed by atoms with Gasteiger partial charge in [0.05, 0.1) is 6.42 Å². The fourth-order valence-electron chi connectivity index (χ4n) is 3.95. The molecule has 0 aliphatic rings. The zero-order valence-corrected chi connectivity index (χ0v) is 16.4. The Bertz CT molecular complexity index is 1380. The lowest BCUT2D eigenvalue weighted by molar-refractivity contribution is -0.115. The van der Waals surface area contributed by atoms with Crippen molar-refractivity contribution >= 4 is 44.4 Å². The first-order chi connectivity index (χ1) is 14.1. The first kappa shape index (κ1) is 17.5. The molecule has 0 fully saturated rings. The Morgan fingerprint density at radius 3 is 2.83 bits per heavy atom. The van der Waals surface area contributed by atoms with Gasteiger partial charge in [0.2, 0.25) is 5.91 Å². The Hall–Kier alpha value is -3.60. The van der Waals surface area contributed by atoms with Gasteiger partial charge in [0.15, 0.2) is 5.58 Å². The van der Waals surface area contributed by atoms with E-state index in [2.05, 4.69) is 46.6 Å². The van der Waals surface area contributed by atoms with Gasteiger partial charge < -0.3 is 14.8 Å². The molecule has 144 valence electrons. The van der Waals surface area contributed by atoms with Crippen molar-refractivity contribution in [2.45, 2.75) is 26.7 Å². The lowest BCUT2D eigenvalue weighted by Gasteiger charge is -2.04. The first-order valence-electron chi connectivity index (χ1n) is 9.80. The molecular weight excluding hydrogens is 362 g/mol. The summed E-state index contributed by atoms with van der Waals surface area (Å²) in [6, 6.07) is 18.2. The molecule has 0 atom stereocenters. The summed E-state index contributed by atoms with van der Waals surface area (Å²) in [5.74, 6) is -0.119. The van der Waals surface area contributed by atoms with E-state index >= 15 is 0 Å². The Balaban J connectivity index is 1.42. The van der Waals surface area contributed by atoms with Crippen molar-refractivity contribution in [1.82, 2.24) is 10.1 Å². The number of amides is 1. The number of nitrogens with one attached hydrogen (secondary N) is 2. The van der Waals surface area contributed by atoms with Crippen molar-refractivity contribution in [3.05, 3.63) is 71.4 Å². The van der Waals surface area contributed by atoms with Crippen LogP contribution in [0.15, 0.2) is 59.1 Å². The number of hydrogen-bond donors (Lipinski definition) is 2. The summed E-state index contributed by atoms with van der Waals surface area (Å²) >= 11 is 0. The molecule has 5 aromatic rings. The van der Waals surface area contributed by atoms with Gasteiger partial charge in [-0.3, -0.25) is 4.79 Å². The molecule has 2 aromatic heterocycles. The number of carbonyl (C=O) groups excluding carboxylic acids is 1. The zero-order valence-electron chi connectivity index (χ0n) is 16.4. The van der Waals surface area contributed by atoms with E-state index < -0.39 is 0 Å². The Morgan fingerprint density at radius 2 is 1.97 bits per heavy atom. The van der Waals surface area contributed by atoms with E-state index in [0.717, 1.165) is 39.5 Å². The molecule has 0 spiro atoms. The second-order valence-electron chi connectivity index (χ2n) is 7.43. The minimum Gasteiger partial charge on any atom is -0.356 e. The molecule has 5 heteroatoms. The van der Waals surface area contributed by atoms with Crippen LogP contribution in [0.25, 0.3) is 32.8 Å². The van der Waals surface area contributed by atoms with E-state index in [0.29, 0.717) is 11.3 Å². The summed E-state index contributed by atoms with van der Waals surface area (Å²) in [6.45, 7) is 4.16. The van der Waals surface area contributed by atoms with Crippen LogP contribution in [0.4, 0.5) is 5.69 Å². The molecule has 0 radical (unpaired) electrons. The minimum atomic E-state index is -0.119. The van der Waals surface area contributed by atoms with Gasteiger partial charge in [0, 0.05) is 32.9 Å². The third-order valence-corrected chi connectivity index (χ3v) is 5.41. The van der Waals surface area contributed by atoms with Crippen molar-refractivity contribution < 1.29 is 9.32 Å². The molecule has 0 aliphatic heterocycles. The SMILES string of the molecule is CCc1cccc2c1[nH]c1cc(NC(=O)Cc3noc4ccc(C)cc34)ccc12. The molecule has 1 amide bonds. The Morgan fingerprint density at radius 1 is 1.07 bits per heavy atom. The van der Waals surface area contributed by atoms with Gasteiger partial charge in [0.1, 0.15) is 5.69 Å². The number of H-pyrrole nitrogens is 1. The van der Waals surface area contributed by atoms with E-state index in [1.54, 1.807) is 0 Å². The summed E-state index contributed by atoms with van der Waals surface area (Å²) in [7, 11) is 0. The van der Waals surface area contributed by atoms with Crippen LogP contribution in [0.2, 0.25) is 0 Å². The Kier molecular flexibility index (Phi) is 4.09. The average Bonchev–Trinajstić information content (AvgIpc) is 3.28. The van der Waals surface area contributed by atoms with Crippen molar-refractivity contribution in [1.29, 1.82) is 0 Å². The van der Waals surface area contributed by atoms with Crippen LogP contribution in [-0.4, -0.2) is 16.0 Å². The average molecular weight is 383 g/mol. The molecule has 0 saturated carbocycles. The highest BCUT2D eigenvalue weighted by molar-refractivity contribution is 6.09. The van der Waals surface area contributed by atoms with Crippen LogP contribution in [0.1, 0.15) is 23.7 Å². The van der Waals surface area contributed by atoms with E-state index in [4.69, 9.17) is 4.52 Å². The second kappa shape index (κ2) is 6.78. The third-order valence-electron chi connectivity index (χ3n) is 5.41. The standard InChI is InChI=1S/C24H21N3O2/c1-3-15-5-4-6-18-17-9-8-16(12-20(17)26-24(15)18)25-23(28)13-21-19-11-14(2)7-10-22(19)29-27-21/h4-12,26H,3,13H2,1-2H3,(H,25,28). The van der Waals surface area contributed by atoms with Crippen molar-refractivity contribution in [2.75, 3.05) is 5.32 Å². The second-order valence-corrected chi connectivity index (χ2v) is 7.43. The predicted molar refractivity (Wildman–Crippen MR) is 116 cm³/mol. The number of benzene rings is 3. The van der Waals surface area contributed by atoms with Gasteiger partial charge >= 0.3 is 0 Å². The van der Waals surface area contributed by atoms with Gasteiger partial charge in [-0.2, -0.15) is 0 Å². The number of para-hydroxylation sites is 1. The molecular formula is C24H21N3O2. The monoisotopic (exact) mass is 383 g/mol. The molecule has 5 rings (SSSR count). The minimum absolute atomic E-state index is 0.119. The maximum Gasteiger partial charge on any atom is 0.230 e. The normalized spacial score (nSPS) is 11.5. The fraction of sp³-hybridized carbons (Fsp3) is 0.167. The van der Waals surface area contributed by atoms with Crippen LogP contribution in [0.5, 0.6) is 0 Å². The molecule has 0 unspecified atom stereocenters. The summed E-state index contributed by atoms with van der Waals surface area (Å²) in [5.41, 5.74) is 6.69. The smallest absolute Gasteiger partial charge is 0.230 e. The van der Waals surface area contributed by atoms with Gasteiger partial charge in [-0.1, -0.05) is 48.0 Å². The fourth-order valence-corrected chi connectivity index (χ4v) is 3.95. The molecule has 2 heterocycles. The van der Waals surface area contributed by atoms with Crippen molar-refractivity contribution in [3.63, 3.8) is 0 Å². The molecule has 5 nitrogen and oxygen atoms in total. The van der Waals surface area contributed by atoms with E-state index in [1.165, 1.54) is 10.9 Å². The maximum absolute atomic E-state index is 12.6. The largest absolute Gasteiger partial charge is 0.356 e. The van der Waals surface area contributed by atoms with Crippen LogP contribution >= 0.6 is 0 Å². The number of hydrogen-bond acceptors (Lipinski definition) is 3. The van der Waals surface area contributed by atoms with Crippen LogP contribution in [0.3, 0.4) is 0 Å². The lowest BCUT2D eigenvalue weighted by Crippen LogP contribution is -2.14. The highest BCUT2D eigenvalue weighted by atomic mass is 16.5. The van der Waals surface area contributed by atoms with Gasteiger partial charge in [-0.15, -0.1) is 0 Å². The summed E-state index contributed by atoms with van der Waals surface area (Å²) in [4.78, 5) is 16.1. The zero-order chi connectivity index (χ0) is 20.0. The summed E-state index contributed by atoms with van der Waals surface area (Å²) in [6.07, 6.45) is 1.14. The van der Waals surface area contributed by atoms with E-state index in [1.807, 2.05) is 37.3 Å². The van der Waals surface area contributed by atoms with E-state index in [9.17, 15) is 4.79 Å². The molecule has 0 bridgehead atoms. The van der Waals surface area contributed by atoms with Gasteiger partial charge in [0.25, 0.3) is 0 Å². The molecule has 0 saturated heterocycles. The van der Waals surface area contributed by atoms with Crippen LogP contribution < -0.4 is 5.32 Å². The maximum atomic E-state index is 12.6. The van der Waals surface area contributed by atoms with Gasteiger partial charge in [-0.05, 0) is 43.2 Å². The highest BCUT2D eigenvalue weighted by Gasteiger charge is 2.14. The summed E-state index contributed by atoms with van der Waals surface area (Å²) < 4.78 is 5.33. The number of aromatic amines is 1. The first-order valence-corrected chi connectivity index (χ1v) is 9.80. The number of aryl methyl sites for hydroxylation is 2. The highest BCUT2D eigenvalue weighted by Crippen LogP contribution is 2.30. The molecule has 29 heavy (non-hydrogen) atoms. The molecule has 2 N–H and O–H groups in total. The molecule has 3 aromatic carbocycles. The molecule has 0 aliphatic carbocycles. The lowest BCUT2D eigenvalue weighted by atomic mass is 10.1. The van der Waals surface area contributed by atoms with Crippen LogP contribution in [0, 0.1) is 6.92 Å². The number of anilines is 1. The number of nitrogens with zero attached hydrogens (tertiary/aromatic N) is 1. The summed E-state index contributed by atoms with van der Waals surface area (Å²) in [5, 5.41) is 10.3.